The van der Waals surface area contributed by atoms with Crippen molar-refractivity contribution in [3.05, 3.63) is 24.0 Å². The van der Waals surface area contributed by atoms with Crippen LogP contribution >= 0.6 is 0 Å². The molecule has 0 aromatic carbocycles. The number of hydrogen-bond acceptors (Lipinski definition) is 3. The molecule has 2 heterocycles. The van der Waals surface area contributed by atoms with Gasteiger partial charge in [-0.2, -0.15) is 13.2 Å². The molecule has 2 aliphatic rings. The Morgan fingerprint density at radius 1 is 1.14 bits per heavy atom. The van der Waals surface area contributed by atoms with E-state index in [2.05, 4.69) is 15.2 Å². The van der Waals surface area contributed by atoms with Crippen molar-refractivity contribution in [2.75, 3.05) is 24.5 Å². The number of rotatable bonds is 1. The summed E-state index contributed by atoms with van der Waals surface area (Å²) in [4.78, 5) is 5.73. The van der Waals surface area contributed by atoms with Gasteiger partial charge in [-0.15, -0.1) is 0 Å². The second kappa shape index (κ2) is 5.48. The number of halogens is 3. The molecule has 0 radical (unpaired) electrons. The van der Waals surface area contributed by atoms with Crippen molar-refractivity contribution in [3.8, 4) is 0 Å². The lowest BCUT2D eigenvalue weighted by atomic mass is 9.80. The van der Waals surface area contributed by atoms with Gasteiger partial charge in [0.15, 0.2) is 0 Å². The van der Waals surface area contributed by atoms with Crippen molar-refractivity contribution in [2.24, 2.45) is 0 Å². The van der Waals surface area contributed by atoms with Crippen molar-refractivity contribution >= 4 is 5.69 Å². The fraction of sp³-hybridized carbons (Fsp3) is 0.667. The van der Waals surface area contributed by atoms with Gasteiger partial charge in [-0.1, -0.05) is 19.3 Å². The van der Waals surface area contributed by atoms with Gasteiger partial charge in [0.2, 0.25) is 0 Å². The first-order valence-electron chi connectivity index (χ1n) is 7.52. The molecule has 3 nitrogen and oxygen atoms in total. The summed E-state index contributed by atoms with van der Waals surface area (Å²) < 4.78 is 37.7. The topological polar surface area (TPSA) is 28.2 Å². The third kappa shape index (κ3) is 3.15. The van der Waals surface area contributed by atoms with Gasteiger partial charge >= 0.3 is 6.18 Å². The lowest BCUT2D eigenvalue weighted by Crippen LogP contribution is -2.61. The zero-order valence-corrected chi connectivity index (χ0v) is 11.9. The Morgan fingerprint density at radius 2 is 1.90 bits per heavy atom. The minimum atomic E-state index is -4.37. The summed E-state index contributed by atoms with van der Waals surface area (Å²) in [6.45, 7) is 2.55. The molecule has 1 saturated heterocycles. The van der Waals surface area contributed by atoms with E-state index in [1.165, 1.54) is 31.5 Å². The third-order valence-corrected chi connectivity index (χ3v) is 4.59. The second-order valence-electron chi connectivity index (χ2n) is 6.09. The van der Waals surface area contributed by atoms with Crippen molar-refractivity contribution in [1.82, 2.24) is 10.3 Å². The predicted molar refractivity (Wildman–Crippen MR) is 75.3 cm³/mol. The average Bonchev–Trinajstić information content (AvgIpc) is 2.47. The molecule has 1 aromatic rings. The molecule has 0 atom stereocenters. The van der Waals surface area contributed by atoms with Gasteiger partial charge in [0.25, 0.3) is 0 Å². The van der Waals surface area contributed by atoms with Gasteiger partial charge in [0.05, 0.1) is 11.9 Å². The van der Waals surface area contributed by atoms with Crippen LogP contribution in [0.1, 0.15) is 37.8 Å². The summed E-state index contributed by atoms with van der Waals surface area (Å²) in [7, 11) is 0. The monoisotopic (exact) mass is 299 g/mol. The summed E-state index contributed by atoms with van der Waals surface area (Å²) in [5, 5.41) is 3.63. The number of nitrogens with zero attached hydrogens (tertiary/aromatic N) is 2. The highest BCUT2D eigenvalue weighted by Crippen LogP contribution is 2.33. The van der Waals surface area contributed by atoms with Gasteiger partial charge in [-0.05, 0) is 25.0 Å². The zero-order valence-electron chi connectivity index (χ0n) is 11.9. The molecule has 2 fully saturated rings. The molecule has 0 unspecified atom stereocenters. The molecule has 1 spiro atoms. The minimum absolute atomic E-state index is 0.138. The van der Waals surface area contributed by atoms with Crippen LogP contribution in [0.25, 0.3) is 0 Å². The van der Waals surface area contributed by atoms with E-state index in [-0.39, 0.29) is 5.54 Å². The third-order valence-electron chi connectivity index (χ3n) is 4.59. The number of nitrogens with one attached hydrogen (secondary N) is 1. The molecule has 1 saturated carbocycles. The lowest BCUT2D eigenvalue weighted by molar-refractivity contribution is -0.141. The van der Waals surface area contributed by atoms with Gasteiger partial charge in [-0.3, -0.25) is 0 Å². The normalized spacial score (nSPS) is 22.5. The van der Waals surface area contributed by atoms with Gasteiger partial charge in [-0.25, -0.2) is 4.98 Å². The molecular weight excluding hydrogens is 279 g/mol. The first-order valence-corrected chi connectivity index (χ1v) is 7.52. The standard InChI is InChI=1S/C15H20F3N3/c16-15(17,18)13-5-4-12(10-19-13)21-9-8-20-14(11-21)6-2-1-3-7-14/h4-5,10,20H,1-3,6-9,11H2. The second-order valence-corrected chi connectivity index (χ2v) is 6.09. The maximum Gasteiger partial charge on any atom is 0.433 e. The Labute approximate surface area is 122 Å². The number of hydrogen-bond donors (Lipinski definition) is 1. The minimum Gasteiger partial charge on any atom is -0.367 e. The summed E-state index contributed by atoms with van der Waals surface area (Å²) in [6.07, 6.45) is 3.02. The quantitative estimate of drug-likeness (QED) is 0.863. The summed E-state index contributed by atoms with van der Waals surface area (Å²) >= 11 is 0. The maximum absolute atomic E-state index is 12.6. The maximum atomic E-state index is 12.6. The SMILES string of the molecule is FC(F)(F)c1ccc(N2CCNC3(CCCCC3)C2)cn1. The Morgan fingerprint density at radius 3 is 2.52 bits per heavy atom. The zero-order chi connectivity index (χ0) is 14.9. The highest BCUT2D eigenvalue weighted by atomic mass is 19.4. The molecule has 1 aliphatic heterocycles. The van der Waals surface area contributed by atoms with E-state index in [4.69, 9.17) is 0 Å². The van der Waals surface area contributed by atoms with Crippen LogP contribution in [-0.4, -0.2) is 30.2 Å². The number of anilines is 1. The van der Waals surface area contributed by atoms with E-state index in [0.717, 1.165) is 44.2 Å². The number of piperazine rings is 1. The van der Waals surface area contributed by atoms with Crippen LogP contribution in [0.5, 0.6) is 0 Å². The van der Waals surface area contributed by atoms with E-state index >= 15 is 0 Å². The van der Waals surface area contributed by atoms with Crippen LogP contribution in [0.4, 0.5) is 18.9 Å². The molecule has 0 amide bonds. The highest BCUT2D eigenvalue weighted by molar-refractivity contribution is 5.46. The lowest BCUT2D eigenvalue weighted by Gasteiger charge is -2.46. The van der Waals surface area contributed by atoms with E-state index < -0.39 is 11.9 Å². The van der Waals surface area contributed by atoms with Crippen LogP contribution in [0, 0.1) is 0 Å². The van der Waals surface area contributed by atoms with Crippen LogP contribution in [-0.2, 0) is 6.18 Å². The van der Waals surface area contributed by atoms with Gasteiger partial charge < -0.3 is 10.2 Å². The highest BCUT2D eigenvalue weighted by Gasteiger charge is 2.37. The van der Waals surface area contributed by atoms with E-state index in [9.17, 15) is 13.2 Å². The van der Waals surface area contributed by atoms with Crippen LogP contribution in [0.15, 0.2) is 18.3 Å². The number of aromatic nitrogens is 1. The van der Waals surface area contributed by atoms with Crippen molar-refractivity contribution in [1.29, 1.82) is 0 Å². The molecule has 0 bridgehead atoms. The fourth-order valence-corrected chi connectivity index (χ4v) is 3.48. The largest absolute Gasteiger partial charge is 0.433 e. The van der Waals surface area contributed by atoms with E-state index in [1.807, 2.05) is 0 Å². The summed E-state index contributed by atoms with van der Waals surface area (Å²) in [6, 6.07) is 2.61. The number of alkyl halides is 3. The fourth-order valence-electron chi connectivity index (χ4n) is 3.48. The molecule has 6 heteroatoms. The van der Waals surface area contributed by atoms with Crippen molar-refractivity contribution < 1.29 is 13.2 Å². The van der Waals surface area contributed by atoms with E-state index in [1.54, 1.807) is 0 Å². The van der Waals surface area contributed by atoms with Gasteiger partial charge in [0, 0.05) is 25.2 Å². The van der Waals surface area contributed by atoms with E-state index in [0.29, 0.717) is 0 Å². The molecule has 116 valence electrons. The molecule has 1 N–H and O–H groups in total. The first-order chi connectivity index (χ1) is 9.99. The Kier molecular flexibility index (Phi) is 3.82. The number of pyridine rings is 1. The van der Waals surface area contributed by atoms with Gasteiger partial charge in [0.1, 0.15) is 5.69 Å². The van der Waals surface area contributed by atoms with Crippen molar-refractivity contribution in [2.45, 2.75) is 43.8 Å². The Bertz CT molecular complexity index is 472. The first kappa shape index (κ1) is 14.6. The predicted octanol–water partition coefficient (Wildman–Crippen LogP) is 3.21. The van der Waals surface area contributed by atoms with Crippen molar-refractivity contribution in [3.63, 3.8) is 0 Å². The molecule has 3 rings (SSSR count). The van der Waals surface area contributed by atoms with Crippen LogP contribution in [0.2, 0.25) is 0 Å². The Balaban J connectivity index is 1.74. The molecular formula is C15H20F3N3. The van der Waals surface area contributed by atoms with Crippen LogP contribution < -0.4 is 10.2 Å². The summed E-state index contributed by atoms with van der Waals surface area (Å²) in [5.74, 6) is 0. The summed E-state index contributed by atoms with van der Waals surface area (Å²) in [5.41, 5.74) is 0.0994. The van der Waals surface area contributed by atoms with Crippen LogP contribution in [0.3, 0.4) is 0 Å². The smallest absolute Gasteiger partial charge is 0.367 e. The molecule has 1 aliphatic carbocycles. The molecule has 21 heavy (non-hydrogen) atoms. The molecule has 1 aromatic heterocycles. The average molecular weight is 299 g/mol. The Hall–Kier alpha value is -1.30.